The number of rotatable bonds is 6. The smallest absolute Gasteiger partial charge is 0.0640 e. The summed E-state index contributed by atoms with van der Waals surface area (Å²) in [6, 6.07) is 32.0. The number of allylic oxidation sites excluding steroid dienone is 16. The van der Waals surface area contributed by atoms with E-state index >= 15 is 0 Å². The molecule has 1 nitrogen and oxygen atoms in total. The van der Waals surface area contributed by atoms with Gasteiger partial charge in [-0.05, 0) is 102 Å². The van der Waals surface area contributed by atoms with Gasteiger partial charge in [0.15, 0.2) is 0 Å². The van der Waals surface area contributed by atoms with Gasteiger partial charge < -0.3 is 4.90 Å². The predicted octanol–water partition coefficient (Wildman–Crippen LogP) is 14.8. The number of para-hydroxylation sites is 1. The van der Waals surface area contributed by atoms with Crippen LogP contribution in [-0.2, 0) is 0 Å². The standard InChI is InChI=1S/C52H43NS2/c1-2-13-36(14-3-1)42-18-10-19-45-46-20-11-22-48(52(46)55-51(42)45)53(47-21-8-6-16-41(47)39-25-24-34-12-4-5-15-37(34)32-39)40-29-26-35(27-30-40)38-28-31-44-43-17-7-9-23-49(43)54-50(44)33-38/h2,4,6-14,16-26,28-31,33,35,37,44,50H,1,3,5,15,27,32H2. The van der Waals surface area contributed by atoms with Crippen LogP contribution in [0.5, 0.6) is 0 Å². The zero-order valence-corrected chi connectivity index (χ0v) is 32.5. The minimum Gasteiger partial charge on any atom is -0.309 e. The van der Waals surface area contributed by atoms with Gasteiger partial charge in [-0.3, -0.25) is 0 Å². The Bertz CT molecular complexity index is 2670. The number of thioether (sulfide) groups is 1. The van der Waals surface area contributed by atoms with Crippen LogP contribution >= 0.6 is 23.1 Å². The van der Waals surface area contributed by atoms with E-state index in [0.717, 1.165) is 25.7 Å². The van der Waals surface area contributed by atoms with Crippen molar-refractivity contribution in [1.29, 1.82) is 0 Å². The monoisotopic (exact) mass is 745 g/mol. The second kappa shape index (κ2) is 13.9. The summed E-state index contributed by atoms with van der Waals surface area (Å²) >= 11 is 3.99. The molecule has 1 aromatic heterocycles. The molecule has 0 radical (unpaired) electrons. The molecule has 3 heteroatoms. The molecule has 268 valence electrons. The Morgan fingerprint density at radius 1 is 0.636 bits per heavy atom. The van der Waals surface area contributed by atoms with E-state index in [1.54, 1.807) is 0 Å². The predicted molar refractivity (Wildman–Crippen MR) is 238 cm³/mol. The Balaban J connectivity index is 1.02. The molecule has 4 atom stereocenters. The molecule has 0 N–H and O–H groups in total. The average molecular weight is 746 g/mol. The lowest BCUT2D eigenvalue weighted by atomic mass is 9.79. The van der Waals surface area contributed by atoms with Crippen LogP contribution in [0.2, 0.25) is 0 Å². The summed E-state index contributed by atoms with van der Waals surface area (Å²) < 4.78 is 2.72. The Hall–Kier alpha value is -5.09. The fourth-order valence-electron chi connectivity index (χ4n) is 9.67. The quantitative estimate of drug-likeness (QED) is 0.170. The molecule has 4 aromatic carbocycles. The first-order chi connectivity index (χ1) is 27.3. The van der Waals surface area contributed by atoms with E-state index < -0.39 is 0 Å². The third-order valence-corrected chi connectivity index (χ3v) is 15.1. The first-order valence-electron chi connectivity index (χ1n) is 20.1. The lowest BCUT2D eigenvalue weighted by Gasteiger charge is -2.33. The van der Waals surface area contributed by atoms with Crippen molar-refractivity contribution in [2.45, 2.75) is 54.6 Å². The van der Waals surface area contributed by atoms with Crippen LogP contribution in [0, 0.1) is 11.8 Å². The van der Waals surface area contributed by atoms with Crippen LogP contribution in [-0.4, -0.2) is 5.25 Å². The normalized spacial score (nSPS) is 23.7. The summed E-state index contributed by atoms with van der Waals surface area (Å²) in [5.74, 6) is 1.44. The molecule has 4 unspecified atom stereocenters. The van der Waals surface area contributed by atoms with Crippen LogP contribution < -0.4 is 4.90 Å². The summed E-state index contributed by atoms with van der Waals surface area (Å²) in [6.45, 7) is 0. The molecule has 0 spiro atoms. The largest absolute Gasteiger partial charge is 0.309 e. The van der Waals surface area contributed by atoms with E-state index in [4.69, 9.17) is 0 Å². The van der Waals surface area contributed by atoms with Crippen LogP contribution in [0.3, 0.4) is 0 Å². The lowest BCUT2D eigenvalue weighted by Crippen LogP contribution is -2.20. The van der Waals surface area contributed by atoms with Gasteiger partial charge in [-0.2, -0.15) is 0 Å². The zero-order chi connectivity index (χ0) is 36.3. The van der Waals surface area contributed by atoms with Gasteiger partial charge in [0.25, 0.3) is 0 Å². The van der Waals surface area contributed by atoms with Gasteiger partial charge in [-0.25, -0.2) is 0 Å². The van der Waals surface area contributed by atoms with Gasteiger partial charge in [0.1, 0.15) is 0 Å². The highest BCUT2D eigenvalue weighted by molar-refractivity contribution is 8.00. The Morgan fingerprint density at radius 2 is 1.47 bits per heavy atom. The fourth-order valence-corrected chi connectivity index (χ4v) is 12.4. The lowest BCUT2D eigenvalue weighted by molar-refractivity contribution is 0.573. The molecule has 0 fully saturated rings. The highest BCUT2D eigenvalue weighted by atomic mass is 32.2. The van der Waals surface area contributed by atoms with E-state index in [1.165, 1.54) is 94.0 Å². The molecule has 55 heavy (non-hydrogen) atoms. The third kappa shape index (κ3) is 5.83. The summed E-state index contributed by atoms with van der Waals surface area (Å²) in [5, 5.41) is 3.16. The second-order valence-electron chi connectivity index (χ2n) is 15.7. The summed E-state index contributed by atoms with van der Waals surface area (Å²) in [7, 11) is 0. The Morgan fingerprint density at radius 3 is 2.38 bits per heavy atom. The van der Waals surface area contributed by atoms with Crippen molar-refractivity contribution in [3.63, 3.8) is 0 Å². The number of nitrogens with zero attached hydrogens (tertiary/aromatic N) is 1. The molecule has 5 aliphatic carbocycles. The highest BCUT2D eigenvalue weighted by Crippen LogP contribution is 2.51. The number of fused-ring (bicyclic) bond motifs is 7. The number of benzene rings is 4. The van der Waals surface area contributed by atoms with Crippen molar-refractivity contribution in [2.24, 2.45) is 11.8 Å². The second-order valence-corrected chi connectivity index (χ2v) is 17.9. The highest BCUT2D eigenvalue weighted by Gasteiger charge is 2.33. The van der Waals surface area contributed by atoms with Gasteiger partial charge in [-0.15, -0.1) is 23.1 Å². The van der Waals surface area contributed by atoms with E-state index in [1.807, 2.05) is 23.1 Å². The van der Waals surface area contributed by atoms with Crippen LogP contribution in [0.15, 0.2) is 186 Å². The maximum atomic E-state index is 2.59. The van der Waals surface area contributed by atoms with Crippen LogP contribution in [0.1, 0.15) is 61.1 Å². The van der Waals surface area contributed by atoms with Crippen molar-refractivity contribution in [1.82, 2.24) is 0 Å². The van der Waals surface area contributed by atoms with Crippen molar-refractivity contribution in [2.75, 3.05) is 4.90 Å². The Labute approximate surface area is 332 Å². The molecule has 0 saturated carbocycles. The molecule has 0 amide bonds. The summed E-state index contributed by atoms with van der Waals surface area (Å²) in [4.78, 5) is 4.02. The van der Waals surface area contributed by atoms with Crippen molar-refractivity contribution in [3.05, 3.63) is 197 Å². The fraction of sp³-hybridized carbons (Fsp3) is 0.192. The van der Waals surface area contributed by atoms with Gasteiger partial charge in [0, 0.05) is 48.7 Å². The van der Waals surface area contributed by atoms with Gasteiger partial charge >= 0.3 is 0 Å². The SMILES string of the molecule is C1=CC(c2cccc3c2sc2c(N(C4=CCC(C5=CC6Sc7ccccc7C6C=C5)C=C4)c4ccccc4C4=CC=C5C=CCCC5C4)cccc23)=CCC1. The average Bonchev–Trinajstić information content (AvgIpc) is 3.83. The maximum absolute atomic E-state index is 2.59. The first kappa shape index (κ1) is 33.3. The van der Waals surface area contributed by atoms with E-state index in [-0.39, 0.29) is 0 Å². The Kier molecular flexibility index (Phi) is 8.40. The van der Waals surface area contributed by atoms with Crippen molar-refractivity contribution in [3.8, 4) is 0 Å². The van der Waals surface area contributed by atoms with Gasteiger partial charge in [-0.1, -0.05) is 140 Å². The minimum absolute atomic E-state index is 0.367. The topological polar surface area (TPSA) is 3.24 Å². The van der Waals surface area contributed by atoms with Crippen molar-refractivity contribution >= 4 is 65.8 Å². The molecule has 11 rings (SSSR count). The minimum atomic E-state index is 0.367. The van der Waals surface area contributed by atoms with Crippen LogP contribution in [0.25, 0.3) is 31.3 Å². The summed E-state index contributed by atoms with van der Waals surface area (Å²) in [6.07, 6.45) is 38.0. The maximum Gasteiger partial charge on any atom is 0.0640 e. The van der Waals surface area contributed by atoms with E-state index in [2.05, 4.69) is 169 Å². The summed E-state index contributed by atoms with van der Waals surface area (Å²) in [5.41, 5.74) is 13.7. The van der Waals surface area contributed by atoms with E-state index in [0.29, 0.717) is 23.0 Å². The van der Waals surface area contributed by atoms with Gasteiger partial charge in [0.05, 0.1) is 16.1 Å². The number of thiophene rings is 1. The molecule has 1 aliphatic heterocycles. The molecule has 0 saturated heterocycles. The molecule has 0 bridgehead atoms. The van der Waals surface area contributed by atoms with Gasteiger partial charge in [0.2, 0.25) is 0 Å². The molecule has 5 aromatic rings. The van der Waals surface area contributed by atoms with E-state index in [9.17, 15) is 0 Å². The molecule has 2 heterocycles. The number of anilines is 2. The zero-order valence-electron chi connectivity index (χ0n) is 30.9. The number of hydrogen-bond donors (Lipinski definition) is 0. The van der Waals surface area contributed by atoms with Crippen molar-refractivity contribution < 1.29 is 0 Å². The number of hydrogen-bond acceptors (Lipinski definition) is 3. The van der Waals surface area contributed by atoms with Crippen LogP contribution in [0.4, 0.5) is 11.4 Å². The molecular weight excluding hydrogens is 703 g/mol. The third-order valence-electron chi connectivity index (χ3n) is 12.5. The molecular formula is C52H43NS2. The molecule has 6 aliphatic rings. The first-order valence-corrected chi connectivity index (χ1v) is 21.8.